The van der Waals surface area contributed by atoms with E-state index in [4.69, 9.17) is 9.84 Å². The molecule has 1 heterocycles. The molecule has 0 bridgehead atoms. The van der Waals surface area contributed by atoms with E-state index in [0.29, 0.717) is 6.04 Å². The van der Waals surface area contributed by atoms with Crippen LogP contribution in [-0.4, -0.2) is 36.5 Å². The van der Waals surface area contributed by atoms with E-state index in [0.717, 1.165) is 6.54 Å². The second kappa shape index (κ2) is 3.32. The molecule has 0 saturated carbocycles. The van der Waals surface area contributed by atoms with Crippen LogP contribution >= 0.6 is 0 Å². The summed E-state index contributed by atoms with van der Waals surface area (Å²) in [5.41, 5.74) is 0. The number of aliphatic hydroxyl groups excluding tert-OH is 1. The van der Waals surface area contributed by atoms with Gasteiger partial charge < -0.3 is 15.2 Å². The minimum atomic E-state index is -0.00815. The molecule has 1 aliphatic rings. The fourth-order valence-corrected chi connectivity index (χ4v) is 1.06. The monoisotopic (exact) mass is 145 g/mol. The van der Waals surface area contributed by atoms with Gasteiger partial charge in [-0.15, -0.1) is 0 Å². The highest BCUT2D eigenvalue weighted by Crippen LogP contribution is 2.07. The Hall–Kier alpha value is -0.120. The maximum Gasteiger partial charge on any atom is 0.0934 e. The van der Waals surface area contributed by atoms with Crippen LogP contribution < -0.4 is 5.32 Å². The summed E-state index contributed by atoms with van der Waals surface area (Å²) in [6, 6.07) is 0.405. The van der Waals surface area contributed by atoms with Crippen LogP contribution in [0.2, 0.25) is 0 Å². The van der Waals surface area contributed by atoms with Crippen LogP contribution in [0.3, 0.4) is 0 Å². The Labute approximate surface area is 61.4 Å². The summed E-state index contributed by atoms with van der Waals surface area (Å²) in [6.45, 7) is 4.98. The molecule has 0 radical (unpaired) electrons. The van der Waals surface area contributed by atoms with Gasteiger partial charge in [0.1, 0.15) is 0 Å². The molecule has 0 aliphatic carbocycles. The van der Waals surface area contributed by atoms with Crippen molar-refractivity contribution in [3.8, 4) is 0 Å². The second-order valence-electron chi connectivity index (χ2n) is 2.84. The van der Waals surface area contributed by atoms with Crippen LogP contribution in [0, 0.1) is 0 Å². The molecule has 3 heteroatoms. The van der Waals surface area contributed by atoms with Crippen molar-refractivity contribution >= 4 is 0 Å². The minimum absolute atomic E-state index is 0.00815. The van der Waals surface area contributed by atoms with Crippen molar-refractivity contribution in [3.05, 3.63) is 0 Å². The van der Waals surface area contributed by atoms with Crippen LogP contribution in [0.25, 0.3) is 0 Å². The number of hydrogen-bond donors (Lipinski definition) is 2. The maximum absolute atomic E-state index is 8.73. The van der Waals surface area contributed by atoms with Crippen molar-refractivity contribution < 1.29 is 9.84 Å². The average molecular weight is 145 g/mol. The standard InChI is InChI=1S/C7H15NO2/c1-5-6(2)10-7(4-9)3-8-5/h5-9H,3-4H2,1-2H3/t5-,6+,7-/m1/s1. The number of morpholine rings is 1. The Balaban J connectivity index is 2.33. The zero-order chi connectivity index (χ0) is 7.56. The molecule has 3 atom stereocenters. The molecule has 10 heavy (non-hydrogen) atoms. The lowest BCUT2D eigenvalue weighted by atomic mass is 10.1. The summed E-state index contributed by atoms with van der Waals surface area (Å²) in [5, 5.41) is 12.0. The lowest BCUT2D eigenvalue weighted by Crippen LogP contribution is -2.50. The van der Waals surface area contributed by atoms with Crippen molar-refractivity contribution in [1.29, 1.82) is 0 Å². The van der Waals surface area contributed by atoms with E-state index < -0.39 is 0 Å². The third-order valence-corrected chi connectivity index (χ3v) is 1.98. The molecule has 0 aromatic carbocycles. The third-order valence-electron chi connectivity index (χ3n) is 1.98. The molecule has 60 valence electrons. The number of nitrogens with one attached hydrogen (secondary N) is 1. The van der Waals surface area contributed by atoms with Gasteiger partial charge in [-0.25, -0.2) is 0 Å². The first-order chi connectivity index (χ1) is 4.74. The number of ether oxygens (including phenoxy) is 1. The summed E-state index contributed by atoms with van der Waals surface area (Å²) >= 11 is 0. The largest absolute Gasteiger partial charge is 0.394 e. The second-order valence-corrected chi connectivity index (χ2v) is 2.84. The summed E-state index contributed by atoms with van der Waals surface area (Å²) in [4.78, 5) is 0. The Kier molecular flexibility index (Phi) is 2.65. The highest BCUT2D eigenvalue weighted by atomic mass is 16.5. The van der Waals surface area contributed by atoms with Gasteiger partial charge in [-0.3, -0.25) is 0 Å². The van der Waals surface area contributed by atoms with Gasteiger partial charge in [0.25, 0.3) is 0 Å². The van der Waals surface area contributed by atoms with Crippen LogP contribution in [0.15, 0.2) is 0 Å². The molecule has 1 rings (SSSR count). The molecule has 0 aromatic heterocycles. The molecule has 3 nitrogen and oxygen atoms in total. The van der Waals surface area contributed by atoms with E-state index in [1.165, 1.54) is 0 Å². The Morgan fingerprint density at radius 3 is 2.80 bits per heavy atom. The van der Waals surface area contributed by atoms with E-state index in [9.17, 15) is 0 Å². The lowest BCUT2D eigenvalue weighted by molar-refractivity contribution is -0.0704. The molecule has 0 amide bonds. The van der Waals surface area contributed by atoms with E-state index >= 15 is 0 Å². The van der Waals surface area contributed by atoms with Crippen molar-refractivity contribution in [2.24, 2.45) is 0 Å². The van der Waals surface area contributed by atoms with Crippen LogP contribution in [0.5, 0.6) is 0 Å². The molecule has 0 spiro atoms. The highest BCUT2D eigenvalue weighted by molar-refractivity contribution is 4.77. The van der Waals surface area contributed by atoms with Gasteiger partial charge in [0.05, 0.1) is 18.8 Å². The van der Waals surface area contributed by atoms with Crippen molar-refractivity contribution in [1.82, 2.24) is 5.32 Å². The first-order valence-electron chi connectivity index (χ1n) is 3.73. The van der Waals surface area contributed by atoms with E-state index in [1.54, 1.807) is 0 Å². The van der Waals surface area contributed by atoms with Gasteiger partial charge in [0, 0.05) is 12.6 Å². The Morgan fingerprint density at radius 2 is 2.30 bits per heavy atom. The summed E-state index contributed by atoms with van der Waals surface area (Å²) < 4.78 is 5.44. The van der Waals surface area contributed by atoms with Crippen LogP contribution in [0.1, 0.15) is 13.8 Å². The van der Waals surface area contributed by atoms with Crippen LogP contribution in [-0.2, 0) is 4.74 Å². The van der Waals surface area contributed by atoms with Crippen LogP contribution in [0.4, 0.5) is 0 Å². The summed E-state index contributed by atoms with van der Waals surface area (Å²) in [5.74, 6) is 0. The van der Waals surface area contributed by atoms with Crippen molar-refractivity contribution in [2.75, 3.05) is 13.2 Å². The lowest BCUT2D eigenvalue weighted by Gasteiger charge is -2.32. The van der Waals surface area contributed by atoms with Crippen molar-refractivity contribution in [2.45, 2.75) is 32.1 Å². The fourth-order valence-electron chi connectivity index (χ4n) is 1.06. The third kappa shape index (κ3) is 1.68. The zero-order valence-electron chi connectivity index (χ0n) is 6.50. The van der Waals surface area contributed by atoms with E-state index in [-0.39, 0.29) is 18.8 Å². The summed E-state index contributed by atoms with van der Waals surface area (Å²) in [7, 11) is 0. The van der Waals surface area contributed by atoms with Gasteiger partial charge in [-0.05, 0) is 13.8 Å². The quantitative estimate of drug-likeness (QED) is 0.534. The fraction of sp³-hybridized carbons (Fsp3) is 1.00. The first-order valence-corrected chi connectivity index (χ1v) is 3.73. The SMILES string of the molecule is C[C@@H]1O[C@@H](CO)CN[C@@H]1C. The number of hydrogen-bond acceptors (Lipinski definition) is 3. The predicted molar refractivity (Wildman–Crippen MR) is 38.9 cm³/mol. The highest BCUT2D eigenvalue weighted by Gasteiger charge is 2.23. The van der Waals surface area contributed by atoms with E-state index in [2.05, 4.69) is 12.2 Å². The predicted octanol–water partition coefficient (Wildman–Crippen LogP) is -0.256. The topological polar surface area (TPSA) is 41.5 Å². The van der Waals surface area contributed by atoms with Gasteiger partial charge in [-0.2, -0.15) is 0 Å². The number of aliphatic hydroxyl groups is 1. The molecule has 0 aromatic rings. The number of rotatable bonds is 1. The molecular weight excluding hydrogens is 130 g/mol. The molecule has 0 unspecified atom stereocenters. The Morgan fingerprint density at radius 1 is 1.60 bits per heavy atom. The molecule has 1 aliphatic heterocycles. The average Bonchev–Trinajstić information content (AvgIpc) is 1.95. The van der Waals surface area contributed by atoms with Gasteiger partial charge in [0.2, 0.25) is 0 Å². The normalized spacial score (nSPS) is 41.7. The molecule has 1 saturated heterocycles. The smallest absolute Gasteiger partial charge is 0.0934 e. The zero-order valence-corrected chi connectivity index (χ0v) is 6.50. The van der Waals surface area contributed by atoms with Gasteiger partial charge in [-0.1, -0.05) is 0 Å². The maximum atomic E-state index is 8.73. The van der Waals surface area contributed by atoms with E-state index in [1.807, 2.05) is 6.92 Å². The molecule has 1 fully saturated rings. The van der Waals surface area contributed by atoms with Gasteiger partial charge in [0.15, 0.2) is 0 Å². The molecule has 2 N–H and O–H groups in total. The first kappa shape index (κ1) is 7.98. The minimum Gasteiger partial charge on any atom is -0.394 e. The van der Waals surface area contributed by atoms with Gasteiger partial charge >= 0.3 is 0 Å². The molecular formula is C7H15NO2. The Bertz CT molecular complexity index is 108. The van der Waals surface area contributed by atoms with Crippen molar-refractivity contribution in [3.63, 3.8) is 0 Å². The summed E-state index contributed by atoms with van der Waals surface area (Å²) in [6.07, 6.45) is 0.206.